The van der Waals surface area contributed by atoms with E-state index >= 15 is 0 Å². The molecule has 1 fully saturated rings. The first-order chi connectivity index (χ1) is 18.1. The molecule has 1 saturated heterocycles. The van der Waals surface area contributed by atoms with Crippen molar-refractivity contribution in [3.63, 3.8) is 0 Å². The van der Waals surface area contributed by atoms with Crippen LogP contribution in [0.2, 0.25) is 0 Å². The van der Waals surface area contributed by atoms with Crippen molar-refractivity contribution in [2.75, 3.05) is 35.0 Å². The maximum Gasteiger partial charge on any atom is 0.161 e. The van der Waals surface area contributed by atoms with Crippen LogP contribution in [0.3, 0.4) is 0 Å². The topological polar surface area (TPSA) is 66.4 Å². The smallest absolute Gasteiger partial charge is 0.161 e. The van der Waals surface area contributed by atoms with E-state index in [4.69, 9.17) is 23.7 Å². The van der Waals surface area contributed by atoms with Gasteiger partial charge in [0.25, 0.3) is 0 Å². The van der Waals surface area contributed by atoms with Gasteiger partial charge in [-0.25, -0.2) is 0 Å². The van der Waals surface area contributed by atoms with Crippen molar-refractivity contribution in [3.05, 3.63) is 89.5 Å². The summed E-state index contributed by atoms with van der Waals surface area (Å²) in [5, 5.41) is 11.3. The molecule has 0 amide bonds. The monoisotopic (exact) mass is 504 g/mol. The van der Waals surface area contributed by atoms with Gasteiger partial charge in [-0.05, 0) is 59.7 Å². The summed E-state index contributed by atoms with van der Waals surface area (Å²) in [5.74, 6) is 2.69. The standard InChI is InChI=1S/C31H36O6/c1-33-26-15-13-22(18-28(26)35-3)30(32)25-17-23(12-8-11-21-9-6-5-7-10-21)31(37-20-25)24-14-16-27(34-2)29(19-24)36-4/h5-11,13-16,18-19,23,25,30-32H,12,17,20H2,1-4H3/b11-8+/t23-,25+,30-,31-/m0/s1. The van der Waals surface area contributed by atoms with E-state index < -0.39 is 6.10 Å². The molecule has 6 nitrogen and oxygen atoms in total. The third-order valence-electron chi connectivity index (χ3n) is 7.00. The maximum absolute atomic E-state index is 11.3. The van der Waals surface area contributed by atoms with Crippen LogP contribution in [-0.2, 0) is 4.74 Å². The van der Waals surface area contributed by atoms with Crippen molar-refractivity contribution >= 4 is 6.08 Å². The zero-order chi connectivity index (χ0) is 26.2. The van der Waals surface area contributed by atoms with Gasteiger partial charge in [0, 0.05) is 5.92 Å². The molecule has 4 rings (SSSR count). The van der Waals surface area contributed by atoms with Gasteiger partial charge >= 0.3 is 0 Å². The Hall–Kier alpha value is -3.48. The summed E-state index contributed by atoms with van der Waals surface area (Å²) in [6.45, 7) is 0.438. The van der Waals surface area contributed by atoms with Gasteiger partial charge in [-0.3, -0.25) is 0 Å². The van der Waals surface area contributed by atoms with E-state index in [9.17, 15) is 5.11 Å². The molecule has 0 aromatic heterocycles. The second-order valence-electron chi connectivity index (χ2n) is 9.23. The number of ether oxygens (including phenoxy) is 5. The molecular weight excluding hydrogens is 468 g/mol. The van der Waals surface area contributed by atoms with Crippen LogP contribution in [0.25, 0.3) is 6.08 Å². The lowest BCUT2D eigenvalue weighted by Gasteiger charge is -2.38. The van der Waals surface area contributed by atoms with Crippen LogP contribution in [0.1, 0.15) is 41.7 Å². The van der Waals surface area contributed by atoms with Crippen LogP contribution < -0.4 is 18.9 Å². The lowest BCUT2D eigenvalue weighted by molar-refractivity contribution is -0.0901. The van der Waals surface area contributed by atoms with Gasteiger partial charge in [0.1, 0.15) is 0 Å². The van der Waals surface area contributed by atoms with Crippen LogP contribution in [0.4, 0.5) is 0 Å². The van der Waals surface area contributed by atoms with Gasteiger partial charge in [-0.15, -0.1) is 0 Å². The van der Waals surface area contributed by atoms with E-state index in [2.05, 4.69) is 24.3 Å². The molecule has 1 heterocycles. The highest BCUT2D eigenvalue weighted by Crippen LogP contribution is 2.44. The van der Waals surface area contributed by atoms with Crippen molar-refractivity contribution < 1.29 is 28.8 Å². The highest BCUT2D eigenvalue weighted by atomic mass is 16.5. The zero-order valence-electron chi connectivity index (χ0n) is 21.9. The highest BCUT2D eigenvalue weighted by molar-refractivity contribution is 5.49. The Balaban J connectivity index is 1.58. The van der Waals surface area contributed by atoms with Crippen LogP contribution in [0, 0.1) is 11.8 Å². The molecule has 0 saturated carbocycles. The predicted octanol–water partition coefficient (Wildman–Crippen LogP) is 6.25. The minimum atomic E-state index is -0.688. The Labute approximate surface area is 219 Å². The highest BCUT2D eigenvalue weighted by Gasteiger charge is 2.36. The average molecular weight is 505 g/mol. The van der Waals surface area contributed by atoms with Crippen LogP contribution in [0.5, 0.6) is 23.0 Å². The molecule has 196 valence electrons. The number of hydrogen-bond donors (Lipinski definition) is 1. The predicted molar refractivity (Wildman–Crippen MR) is 144 cm³/mol. The molecule has 0 spiro atoms. The fraction of sp³-hybridized carbons (Fsp3) is 0.355. The molecule has 4 atom stereocenters. The molecule has 3 aromatic carbocycles. The minimum absolute atomic E-state index is 0.0652. The molecule has 0 aliphatic carbocycles. The number of allylic oxidation sites excluding steroid dienone is 1. The lowest BCUT2D eigenvalue weighted by atomic mass is 9.79. The Morgan fingerprint density at radius 3 is 2.16 bits per heavy atom. The van der Waals surface area contributed by atoms with Crippen molar-refractivity contribution in [2.24, 2.45) is 11.8 Å². The summed E-state index contributed by atoms with van der Waals surface area (Å²) in [7, 11) is 6.47. The number of benzene rings is 3. The van der Waals surface area contributed by atoms with Crippen LogP contribution >= 0.6 is 0 Å². The van der Waals surface area contributed by atoms with E-state index in [-0.39, 0.29) is 17.9 Å². The molecular formula is C31H36O6. The molecule has 0 unspecified atom stereocenters. The number of rotatable bonds is 10. The third kappa shape index (κ3) is 6.27. The lowest BCUT2D eigenvalue weighted by Crippen LogP contribution is -2.32. The van der Waals surface area contributed by atoms with Crippen molar-refractivity contribution in [1.29, 1.82) is 0 Å². The van der Waals surface area contributed by atoms with Crippen molar-refractivity contribution in [3.8, 4) is 23.0 Å². The van der Waals surface area contributed by atoms with Crippen molar-refractivity contribution in [1.82, 2.24) is 0 Å². The normalized spacial score (nSPS) is 20.4. The molecule has 1 N–H and O–H groups in total. The first kappa shape index (κ1) is 26.6. The largest absolute Gasteiger partial charge is 0.493 e. The molecule has 3 aromatic rings. The van der Waals surface area contributed by atoms with E-state index in [1.54, 1.807) is 28.4 Å². The number of aliphatic hydroxyl groups excluding tert-OH is 1. The van der Waals surface area contributed by atoms with Crippen LogP contribution in [-0.4, -0.2) is 40.2 Å². The molecule has 1 aliphatic rings. The first-order valence-electron chi connectivity index (χ1n) is 12.5. The molecule has 37 heavy (non-hydrogen) atoms. The first-order valence-corrected chi connectivity index (χ1v) is 12.5. The third-order valence-corrected chi connectivity index (χ3v) is 7.00. The summed E-state index contributed by atoms with van der Waals surface area (Å²) in [6.07, 6.45) is 5.12. The molecule has 1 aliphatic heterocycles. The quantitative estimate of drug-likeness (QED) is 0.352. The Morgan fingerprint density at radius 1 is 0.838 bits per heavy atom. The SMILES string of the molecule is COc1ccc([C@H]2OC[C@H]([C@@H](O)c3ccc(OC)c(OC)c3)C[C@@H]2C/C=C/c2ccccc2)cc1OC. The summed E-state index contributed by atoms with van der Waals surface area (Å²) in [6, 6.07) is 21.7. The number of methoxy groups -OCH3 is 4. The molecule has 6 heteroatoms. The fourth-order valence-corrected chi connectivity index (χ4v) is 5.03. The summed E-state index contributed by atoms with van der Waals surface area (Å²) in [5.41, 5.74) is 2.98. The maximum atomic E-state index is 11.3. The van der Waals surface area contributed by atoms with Crippen molar-refractivity contribution in [2.45, 2.75) is 25.0 Å². The van der Waals surface area contributed by atoms with E-state index in [0.717, 1.165) is 29.5 Å². The fourth-order valence-electron chi connectivity index (χ4n) is 5.03. The van der Waals surface area contributed by atoms with Gasteiger partial charge in [-0.1, -0.05) is 54.6 Å². The summed E-state index contributed by atoms with van der Waals surface area (Å²) < 4.78 is 28.2. The summed E-state index contributed by atoms with van der Waals surface area (Å²) in [4.78, 5) is 0. The number of aliphatic hydroxyl groups is 1. The Morgan fingerprint density at radius 2 is 1.49 bits per heavy atom. The second-order valence-corrected chi connectivity index (χ2v) is 9.23. The van der Waals surface area contributed by atoms with Gasteiger partial charge in [0.05, 0.1) is 47.3 Å². The molecule has 0 bridgehead atoms. The number of hydrogen-bond acceptors (Lipinski definition) is 6. The van der Waals surface area contributed by atoms with Gasteiger partial charge in [0.2, 0.25) is 0 Å². The Bertz CT molecular complexity index is 1180. The minimum Gasteiger partial charge on any atom is -0.493 e. The van der Waals surface area contributed by atoms with Gasteiger partial charge in [0.15, 0.2) is 23.0 Å². The van der Waals surface area contributed by atoms with E-state index in [1.807, 2.05) is 54.6 Å². The Kier molecular flexibility index (Phi) is 9.09. The van der Waals surface area contributed by atoms with Gasteiger partial charge < -0.3 is 28.8 Å². The second kappa shape index (κ2) is 12.7. The molecule has 0 radical (unpaired) electrons. The van der Waals surface area contributed by atoms with Gasteiger partial charge in [-0.2, -0.15) is 0 Å². The average Bonchev–Trinajstić information content (AvgIpc) is 2.96. The van der Waals surface area contributed by atoms with E-state index in [0.29, 0.717) is 29.6 Å². The van der Waals surface area contributed by atoms with Crippen LogP contribution in [0.15, 0.2) is 72.8 Å². The van der Waals surface area contributed by atoms with E-state index in [1.165, 1.54) is 0 Å². The zero-order valence-corrected chi connectivity index (χ0v) is 21.9. The summed E-state index contributed by atoms with van der Waals surface area (Å²) >= 11 is 0.